The van der Waals surface area contributed by atoms with Crippen molar-refractivity contribution in [2.24, 2.45) is 0 Å². The summed E-state index contributed by atoms with van der Waals surface area (Å²) in [6, 6.07) is 12.0. The predicted octanol–water partition coefficient (Wildman–Crippen LogP) is 3.41. The van der Waals surface area contributed by atoms with Gasteiger partial charge in [0.2, 0.25) is 5.76 Å². The summed E-state index contributed by atoms with van der Waals surface area (Å²) in [5.41, 5.74) is 1.18. The Kier molecular flexibility index (Phi) is 5.52. The Bertz CT molecular complexity index is 1220. The highest BCUT2D eigenvalue weighted by molar-refractivity contribution is 6.11. The molecular formula is C21H19N7O3. The van der Waals surface area contributed by atoms with Gasteiger partial charge in [0.1, 0.15) is 17.8 Å². The Balaban J connectivity index is 1.56. The number of carbonyl (C=O) groups excluding carboxylic acids is 2. The quantitative estimate of drug-likeness (QED) is 0.492. The van der Waals surface area contributed by atoms with Crippen LogP contribution in [-0.2, 0) is 0 Å². The number of hydrogen-bond donors (Lipinski definition) is 2. The van der Waals surface area contributed by atoms with Crippen LogP contribution in [-0.4, -0.2) is 36.5 Å². The molecule has 0 aliphatic heterocycles. The molecule has 3 heterocycles. The molecule has 1 aromatic carbocycles. The fraction of sp³-hybridized carbons (Fsp3) is 0.143. The SMILES string of the molecule is CC(C)n1cnnc1-c1cccc(NC(=O)c2ccccc2NC(=O)c2cnco2)n1. The van der Waals surface area contributed by atoms with Gasteiger partial charge in [0.05, 0.1) is 17.4 Å². The topological polar surface area (TPSA) is 128 Å². The molecule has 0 atom stereocenters. The highest BCUT2D eigenvalue weighted by Gasteiger charge is 2.17. The van der Waals surface area contributed by atoms with E-state index in [0.717, 1.165) is 6.39 Å². The molecule has 0 spiro atoms. The van der Waals surface area contributed by atoms with Crippen LogP contribution in [0.4, 0.5) is 11.5 Å². The number of nitrogens with zero attached hydrogens (tertiary/aromatic N) is 5. The molecule has 156 valence electrons. The van der Waals surface area contributed by atoms with Crippen LogP contribution in [0, 0.1) is 0 Å². The summed E-state index contributed by atoms with van der Waals surface area (Å²) in [5, 5.41) is 13.5. The number of aromatic nitrogens is 5. The maximum Gasteiger partial charge on any atom is 0.293 e. The molecule has 3 aromatic heterocycles. The minimum absolute atomic E-state index is 0.0406. The van der Waals surface area contributed by atoms with Crippen molar-refractivity contribution in [3.63, 3.8) is 0 Å². The first-order valence-corrected chi connectivity index (χ1v) is 9.50. The molecule has 0 aliphatic rings. The average molecular weight is 417 g/mol. The Morgan fingerprint density at radius 3 is 2.65 bits per heavy atom. The lowest BCUT2D eigenvalue weighted by molar-refractivity contribution is 0.0996. The van der Waals surface area contributed by atoms with Gasteiger partial charge in [-0.3, -0.25) is 9.59 Å². The fourth-order valence-corrected chi connectivity index (χ4v) is 2.92. The van der Waals surface area contributed by atoms with Crippen molar-refractivity contribution in [1.29, 1.82) is 0 Å². The van der Waals surface area contributed by atoms with E-state index < -0.39 is 11.8 Å². The lowest BCUT2D eigenvalue weighted by Crippen LogP contribution is -2.18. The molecule has 0 unspecified atom stereocenters. The van der Waals surface area contributed by atoms with E-state index >= 15 is 0 Å². The smallest absolute Gasteiger partial charge is 0.293 e. The van der Waals surface area contributed by atoms with E-state index in [9.17, 15) is 9.59 Å². The van der Waals surface area contributed by atoms with Gasteiger partial charge in [-0.1, -0.05) is 18.2 Å². The Labute approximate surface area is 177 Å². The van der Waals surface area contributed by atoms with E-state index in [0.29, 0.717) is 23.0 Å². The van der Waals surface area contributed by atoms with Crippen molar-refractivity contribution in [3.8, 4) is 11.5 Å². The van der Waals surface area contributed by atoms with Gasteiger partial charge in [0.25, 0.3) is 11.8 Å². The van der Waals surface area contributed by atoms with Crippen molar-refractivity contribution in [2.75, 3.05) is 10.6 Å². The van der Waals surface area contributed by atoms with Crippen LogP contribution in [0.2, 0.25) is 0 Å². The van der Waals surface area contributed by atoms with Gasteiger partial charge < -0.3 is 19.6 Å². The molecule has 2 N–H and O–H groups in total. The molecule has 4 aromatic rings. The summed E-state index contributed by atoms with van der Waals surface area (Å²) in [6.45, 7) is 4.03. The number of carbonyl (C=O) groups is 2. The number of rotatable bonds is 6. The Morgan fingerprint density at radius 2 is 1.87 bits per heavy atom. The molecule has 31 heavy (non-hydrogen) atoms. The van der Waals surface area contributed by atoms with E-state index in [1.54, 1.807) is 48.8 Å². The number of nitrogens with one attached hydrogen (secondary N) is 2. The zero-order chi connectivity index (χ0) is 21.8. The third-order valence-corrected chi connectivity index (χ3v) is 4.43. The van der Waals surface area contributed by atoms with Crippen LogP contribution in [0.5, 0.6) is 0 Å². The fourth-order valence-electron chi connectivity index (χ4n) is 2.92. The zero-order valence-corrected chi connectivity index (χ0v) is 16.8. The van der Waals surface area contributed by atoms with Gasteiger partial charge in [0.15, 0.2) is 12.2 Å². The first-order chi connectivity index (χ1) is 15.0. The van der Waals surface area contributed by atoms with Crippen molar-refractivity contribution >= 4 is 23.3 Å². The molecule has 10 nitrogen and oxygen atoms in total. The number of oxazole rings is 1. The molecule has 2 amide bonds. The number of pyridine rings is 1. The van der Waals surface area contributed by atoms with Crippen molar-refractivity contribution in [2.45, 2.75) is 19.9 Å². The van der Waals surface area contributed by atoms with E-state index in [2.05, 4.69) is 30.8 Å². The molecule has 0 aliphatic carbocycles. The number of anilines is 2. The lowest BCUT2D eigenvalue weighted by atomic mass is 10.1. The molecule has 0 fully saturated rings. The molecular weight excluding hydrogens is 398 g/mol. The van der Waals surface area contributed by atoms with E-state index in [-0.39, 0.29) is 17.4 Å². The molecule has 0 saturated carbocycles. The maximum atomic E-state index is 12.9. The average Bonchev–Trinajstić information content (AvgIpc) is 3.46. The summed E-state index contributed by atoms with van der Waals surface area (Å²) in [4.78, 5) is 33.4. The minimum Gasteiger partial charge on any atom is -0.438 e. The molecule has 0 bridgehead atoms. The standard InChI is InChI=1S/C21H19N7O3/c1-13(2)28-11-23-27-19(28)16-8-5-9-18(24-16)26-20(29)14-6-3-4-7-15(14)25-21(30)17-10-22-12-31-17/h3-13H,1-2H3,(H,25,30)(H,24,26,29). The second-order valence-electron chi connectivity index (χ2n) is 6.88. The van der Waals surface area contributed by atoms with E-state index in [1.165, 1.54) is 6.20 Å². The van der Waals surface area contributed by atoms with Gasteiger partial charge in [-0.25, -0.2) is 9.97 Å². The van der Waals surface area contributed by atoms with Crippen LogP contribution < -0.4 is 10.6 Å². The molecule has 4 rings (SSSR count). The summed E-state index contributed by atoms with van der Waals surface area (Å²) >= 11 is 0. The van der Waals surface area contributed by atoms with Crippen LogP contribution in [0.3, 0.4) is 0 Å². The largest absolute Gasteiger partial charge is 0.438 e. The van der Waals surface area contributed by atoms with Gasteiger partial charge in [0, 0.05) is 6.04 Å². The zero-order valence-electron chi connectivity index (χ0n) is 16.8. The van der Waals surface area contributed by atoms with Crippen molar-refractivity contribution in [1.82, 2.24) is 24.7 Å². The highest BCUT2D eigenvalue weighted by Crippen LogP contribution is 2.21. The summed E-state index contributed by atoms with van der Waals surface area (Å²) in [6.07, 6.45) is 4.09. The molecule has 10 heteroatoms. The first-order valence-electron chi connectivity index (χ1n) is 9.50. The van der Waals surface area contributed by atoms with E-state index in [4.69, 9.17) is 4.42 Å². The van der Waals surface area contributed by atoms with Gasteiger partial charge in [-0.15, -0.1) is 10.2 Å². The molecule has 0 saturated heterocycles. The van der Waals surface area contributed by atoms with Crippen LogP contribution in [0.25, 0.3) is 11.5 Å². The third kappa shape index (κ3) is 4.32. The second kappa shape index (κ2) is 8.57. The Morgan fingerprint density at radius 1 is 1.03 bits per heavy atom. The highest BCUT2D eigenvalue weighted by atomic mass is 16.3. The van der Waals surface area contributed by atoms with E-state index in [1.807, 2.05) is 18.4 Å². The summed E-state index contributed by atoms with van der Waals surface area (Å²) in [5.74, 6) is 0.0520. The molecule has 0 radical (unpaired) electrons. The second-order valence-corrected chi connectivity index (χ2v) is 6.88. The minimum atomic E-state index is -0.508. The summed E-state index contributed by atoms with van der Waals surface area (Å²) < 4.78 is 6.88. The normalized spacial score (nSPS) is 10.8. The lowest BCUT2D eigenvalue weighted by Gasteiger charge is -2.12. The first kappa shape index (κ1) is 20.0. The van der Waals surface area contributed by atoms with Gasteiger partial charge in [-0.05, 0) is 38.1 Å². The van der Waals surface area contributed by atoms with Crippen LogP contribution in [0.15, 0.2) is 65.8 Å². The monoisotopic (exact) mass is 417 g/mol. The van der Waals surface area contributed by atoms with Gasteiger partial charge in [-0.2, -0.15) is 0 Å². The number of amides is 2. The van der Waals surface area contributed by atoms with Crippen LogP contribution >= 0.6 is 0 Å². The van der Waals surface area contributed by atoms with Crippen LogP contribution in [0.1, 0.15) is 40.8 Å². The number of para-hydroxylation sites is 1. The number of benzene rings is 1. The van der Waals surface area contributed by atoms with Gasteiger partial charge >= 0.3 is 0 Å². The predicted molar refractivity (Wildman–Crippen MR) is 112 cm³/mol. The van der Waals surface area contributed by atoms with Crippen molar-refractivity contribution < 1.29 is 14.0 Å². The third-order valence-electron chi connectivity index (χ3n) is 4.43. The summed E-state index contributed by atoms with van der Waals surface area (Å²) in [7, 11) is 0. The Hall–Kier alpha value is -4.34. The van der Waals surface area contributed by atoms with Crippen molar-refractivity contribution in [3.05, 3.63) is 72.7 Å². The number of hydrogen-bond acceptors (Lipinski definition) is 7. The maximum absolute atomic E-state index is 12.9.